The van der Waals surface area contributed by atoms with E-state index >= 15 is 0 Å². The molecule has 0 bridgehead atoms. The van der Waals surface area contributed by atoms with Crippen molar-refractivity contribution in [2.75, 3.05) is 4.72 Å². The molecule has 0 aliphatic heterocycles. The van der Waals surface area contributed by atoms with Crippen LogP contribution >= 0.6 is 0 Å². The number of nitrogens with one attached hydrogen (secondary N) is 1. The van der Waals surface area contributed by atoms with Gasteiger partial charge >= 0.3 is 6.18 Å². The van der Waals surface area contributed by atoms with E-state index in [1.54, 1.807) is 30.3 Å². The molecule has 1 N–H and O–H groups in total. The summed E-state index contributed by atoms with van der Waals surface area (Å²) in [6.07, 6.45) is -3.34. The first-order chi connectivity index (χ1) is 13.6. The fourth-order valence-electron chi connectivity index (χ4n) is 2.86. The highest BCUT2D eigenvalue weighted by atomic mass is 32.2. The fraction of sp³-hybridized carbons (Fsp3) is 0.200. The van der Waals surface area contributed by atoms with Gasteiger partial charge in [0.15, 0.2) is 5.03 Å². The quantitative estimate of drug-likeness (QED) is 0.623. The molecule has 0 saturated heterocycles. The number of alkyl halides is 3. The molecule has 5 nitrogen and oxygen atoms in total. The van der Waals surface area contributed by atoms with E-state index in [2.05, 4.69) is 14.7 Å². The Labute approximate surface area is 166 Å². The second kappa shape index (κ2) is 7.82. The lowest BCUT2D eigenvalue weighted by atomic mass is 9.93. The van der Waals surface area contributed by atoms with Crippen LogP contribution in [-0.2, 0) is 16.2 Å². The number of nitrogens with zero attached hydrogens (tertiary/aromatic N) is 2. The Balaban J connectivity index is 2.13. The smallest absolute Gasteiger partial charge is 0.262 e. The van der Waals surface area contributed by atoms with Crippen molar-refractivity contribution in [2.24, 2.45) is 0 Å². The van der Waals surface area contributed by atoms with E-state index in [1.165, 1.54) is 18.3 Å². The van der Waals surface area contributed by atoms with Gasteiger partial charge in [-0.3, -0.25) is 4.72 Å². The predicted molar refractivity (Wildman–Crippen MR) is 104 cm³/mol. The number of benzene rings is 1. The summed E-state index contributed by atoms with van der Waals surface area (Å²) in [6.45, 7) is 3.72. The number of aromatic nitrogens is 2. The highest BCUT2D eigenvalue weighted by Crippen LogP contribution is 2.39. The lowest BCUT2D eigenvalue weighted by Crippen LogP contribution is -2.17. The third-order valence-corrected chi connectivity index (χ3v) is 5.46. The van der Waals surface area contributed by atoms with Gasteiger partial charge in [0.05, 0.1) is 11.3 Å². The molecule has 0 amide bonds. The monoisotopic (exact) mass is 421 g/mol. The molecule has 0 aliphatic carbocycles. The maximum absolute atomic E-state index is 13.6. The van der Waals surface area contributed by atoms with Crippen LogP contribution in [-0.4, -0.2) is 18.4 Å². The molecule has 3 rings (SSSR count). The molecule has 0 unspecified atom stereocenters. The van der Waals surface area contributed by atoms with E-state index in [9.17, 15) is 21.6 Å². The van der Waals surface area contributed by atoms with Gasteiger partial charge in [0.2, 0.25) is 0 Å². The van der Waals surface area contributed by atoms with Crippen LogP contribution in [0, 0.1) is 0 Å². The zero-order valence-corrected chi connectivity index (χ0v) is 16.4. The third-order valence-electron chi connectivity index (χ3n) is 4.19. The molecular formula is C20H18F3N3O2S. The molecule has 0 spiro atoms. The molecule has 0 radical (unpaired) electrons. The third kappa shape index (κ3) is 4.56. The first-order valence-corrected chi connectivity index (χ1v) is 10.2. The molecular weight excluding hydrogens is 403 g/mol. The van der Waals surface area contributed by atoms with E-state index in [-0.39, 0.29) is 22.5 Å². The van der Waals surface area contributed by atoms with Crippen LogP contribution in [0.4, 0.5) is 19.0 Å². The van der Waals surface area contributed by atoms with Crippen molar-refractivity contribution in [3.05, 3.63) is 71.9 Å². The summed E-state index contributed by atoms with van der Waals surface area (Å²) >= 11 is 0. The second-order valence-electron chi connectivity index (χ2n) is 6.61. The van der Waals surface area contributed by atoms with Crippen molar-refractivity contribution in [1.82, 2.24) is 9.97 Å². The molecule has 1 aromatic carbocycles. The Morgan fingerprint density at radius 3 is 2.28 bits per heavy atom. The zero-order chi connectivity index (χ0) is 21.2. The number of pyridine rings is 2. The molecule has 0 aliphatic rings. The maximum Gasteiger partial charge on any atom is 0.418 e. The van der Waals surface area contributed by atoms with Gasteiger partial charge in [0, 0.05) is 11.8 Å². The van der Waals surface area contributed by atoms with Crippen LogP contribution in [0.5, 0.6) is 0 Å². The molecule has 0 atom stereocenters. The Hall–Kier alpha value is -2.94. The van der Waals surface area contributed by atoms with Gasteiger partial charge in [-0.05, 0) is 35.7 Å². The van der Waals surface area contributed by atoms with Gasteiger partial charge in [-0.1, -0.05) is 44.2 Å². The van der Waals surface area contributed by atoms with Crippen LogP contribution in [0.2, 0.25) is 0 Å². The van der Waals surface area contributed by atoms with E-state index in [1.807, 2.05) is 13.8 Å². The number of halogens is 3. The molecule has 152 valence electrons. The number of sulfonamides is 1. The van der Waals surface area contributed by atoms with Gasteiger partial charge in [-0.2, -0.15) is 21.6 Å². The normalized spacial score (nSPS) is 12.2. The largest absolute Gasteiger partial charge is 0.418 e. The second-order valence-corrected chi connectivity index (χ2v) is 8.24. The molecule has 2 aromatic heterocycles. The molecule has 2 heterocycles. The fourth-order valence-corrected chi connectivity index (χ4v) is 3.81. The van der Waals surface area contributed by atoms with Crippen molar-refractivity contribution < 1.29 is 21.6 Å². The number of hydrogen-bond donors (Lipinski definition) is 1. The minimum Gasteiger partial charge on any atom is -0.262 e. The van der Waals surface area contributed by atoms with Crippen molar-refractivity contribution in [3.63, 3.8) is 0 Å². The SMILES string of the molecule is CC(C)c1ccccc1-c1nc(NS(=O)(=O)c2ccccn2)ccc1C(F)(F)F. The standard InChI is InChI=1S/C20H18F3N3O2S/c1-13(2)14-7-3-4-8-15(14)19-16(20(21,22)23)10-11-17(25-19)26-29(27,28)18-9-5-6-12-24-18/h3-13H,1-2H3,(H,25,26). The van der Waals surface area contributed by atoms with Crippen LogP contribution in [0.25, 0.3) is 11.3 Å². The number of rotatable bonds is 5. The van der Waals surface area contributed by atoms with E-state index in [4.69, 9.17) is 0 Å². The average Bonchev–Trinajstić information content (AvgIpc) is 2.67. The highest BCUT2D eigenvalue weighted by molar-refractivity contribution is 7.92. The Kier molecular flexibility index (Phi) is 5.61. The van der Waals surface area contributed by atoms with E-state index in [0.717, 1.165) is 12.1 Å². The summed E-state index contributed by atoms with van der Waals surface area (Å²) in [5.41, 5.74) is -0.293. The van der Waals surface area contributed by atoms with Crippen LogP contribution in [0.15, 0.2) is 65.8 Å². The van der Waals surface area contributed by atoms with Gasteiger partial charge in [-0.25, -0.2) is 9.97 Å². The molecule has 3 aromatic rings. The van der Waals surface area contributed by atoms with Gasteiger partial charge in [0.25, 0.3) is 10.0 Å². The first kappa shape index (κ1) is 20.8. The summed E-state index contributed by atoms with van der Waals surface area (Å²) in [4.78, 5) is 7.79. The van der Waals surface area contributed by atoms with Crippen molar-refractivity contribution in [2.45, 2.75) is 31.0 Å². The van der Waals surface area contributed by atoms with E-state index in [0.29, 0.717) is 11.1 Å². The minimum atomic E-state index is -4.65. The van der Waals surface area contributed by atoms with Crippen LogP contribution in [0.3, 0.4) is 0 Å². The summed E-state index contributed by atoms with van der Waals surface area (Å²) in [6, 6.07) is 12.8. The van der Waals surface area contributed by atoms with Crippen molar-refractivity contribution in [1.29, 1.82) is 0 Å². The van der Waals surface area contributed by atoms with Crippen LogP contribution in [0.1, 0.15) is 30.9 Å². The zero-order valence-electron chi connectivity index (χ0n) is 15.6. The first-order valence-electron chi connectivity index (χ1n) is 8.71. The predicted octanol–water partition coefficient (Wildman–Crippen LogP) is 5.09. The Morgan fingerprint density at radius 1 is 0.966 bits per heavy atom. The summed E-state index contributed by atoms with van der Waals surface area (Å²) in [5, 5.41) is -0.258. The lowest BCUT2D eigenvalue weighted by Gasteiger charge is -2.18. The Bertz CT molecular complexity index is 1120. The van der Waals surface area contributed by atoms with Gasteiger partial charge in [0.1, 0.15) is 5.82 Å². The summed E-state index contributed by atoms with van der Waals surface area (Å²) in [7, 11) is -4.09. The minimum absolute atomic E-state index is 0.0528. The van der Waals surface area contributed by atoms with E-state index < -0.39 is 21.8 Å². The van der Waals surface area contributed by atoms with Gasteiger partial charge < -0.3 is 0 Å². The molecule has 0 saturated carbocycles. The molecule has 9 heteroatoms. The summed E-state index contributed by atoms with van der Waals surface area (Å²) < 4.78 is 68.0. The molecule has 29 heavy (non-hydrogen) atoms. The van der Waals surface area contributed by atoms with Crippen molar-refractivity contribution >= 4 is 15.8 Å². The topological polar surface area (TPSA) is 72.0 Å². The number of hydrogen-bond acceptors (Lipinski definition) is 4. The maximum atomic E-state index is 13.6. The van der Waals surface area contributed by atoms with Crippen molar-refractivity contribution in [3.8, 4) is 11.3 Å². The summed E-state index contributed by atoms with van der Waals surface area (Å²) in [5.74, 6) is -0.278. The van der Waals surface area contributed by atoms with Crippen LogP contribution < -0.4 is 4.72 Å². The Morgan fingerprint density at radius 2 is 1.66 bits per heavy atom. The number of anilines is 1. The van der Waals surface area contributed by atoms with Gasteiger partial charge in [-0.15, -0.1) is 0 Å². The molecule has 0 fully saturated rings. The lowest BCUT2D eigenvalue weighted by molar-refractivity contribution is -0.137. The average molecular weight is 421 g/mol. The highest BCUT2D eigenvalue weighted by Gasteiger charge is 2.35.